The van der Waals surface area contributed by atoms with Crippen molar-refractivity contribution in [1.29, 1.82) is 0 Å². The molecule has 2 heterocycles. The number of carbonyl (C=O) groups is 2. The Kier molecular flexibility index (Phi) is 7.86. The number of hydrogen-bond donors (Lipinski definition) is 5. The number of allylic oxidation sites excluding steroid dienone is 1. The molecule has 0 fully saturated rings. The van der Waals surface area contributed by atoms with Gasteiger partial charge in [0.15, 0.2) is 0 Å². The van der Waals surface area contributed by atoms with Gasteiger partial charge in [-0.3, -0.25) is 19.8 Å². The van der Waals surface area contributed by atoms with Crippen LogP contribution in [0.4, 0.5) is 26.5 Å². The molecule has 0 atom stereocenters. The average Bonchev–Trinajstić information content (AvgIpc) is 3.21. The van der Waals surface area contributed by atoms with Crippen molar-refractivity contribution in [2.75, 3.05) is 28.6 Å². The predicted molar refractivity (Wildman–Crippen MR) is 140 cm³/mol. The quantitative estimate of drug-likeness (QED) is 0.284. The number of nitrogens with two attached hydrogens (primary N) is 1. The fraction of sp³-hybridized carbons (Fsp3) is 0.154. The molecule has 0 radical (unpaired) electrons. The Morgan fingerprint density at radius 3 is 2.54 bits per heavy atom. The molecule has 1 aliphatic heterocycles. The Hall–Kier alpha value is -4.61. The molecule has 2 aromatic carbocycles. The van der Waals surface area contributed by atoms with E-state index in [0.717, 1.165) is 6.42 Å². The van der Waals surface area contributed by atoms with E-state index in [0.29, 0.717) is 47.8 Å². The molecular weight excluding hydrogens is 477 g/mol. The van der Waals surface area contributed by atoms with Crippen LogP contribution in [0, 0.1) is 5.82 Å². The zero-order valence-corrected chi connectivity index (χ0v) is 19.9. The predicted octanol–water partition coefficient (Wildman–Crippen LogP) is 3.07. The highest BCUT2D eigenvalue weighted by molar-refractivity contribution is 6.08. The molecule has 37 heavy (non-hydrogen) atoms. The number of benzene rings is 2. The maximum Gasteiger partial charge on any atom is 0.326 e. The first kappa shape index (κ1) is 25.5. The zero-order valence-electron chi connectivity index (χ0n) is 19.9. The van der Waals surface area contributed by atoms with Crippen molar-refractivity contribution in [3.8, 4) is 11.1 Å². The van der Waals surface area contributed by atoms with Gasteiger partial charge in [0, 0.05) is 41.5 Å². The summed E-state index contributed by atoms with van der Waals surface area (Å²) in [7, 11) is 0. The van der Waals surface area contributed by atoms with Gasteiger partial charge in [0.25, 0.3) is 11.5 Å². The zero-order chi connectivity index (χ0) is 26.4. The first-order valence-corrected chi connectivity index (χ1v) is 11.5. The number of aromatic amines is 1. The van der Waals surface area contributed by atoms with Crippen LogP contribution in [0.15, 0.2) is 77.9 Å². The second kappa shape index (κ2) is 11.4. The summed E-state index contributed by atoms with van der Waals surface area (Å²) in [5, 5.41) is 8.18. The van der Waals surface area contributed by atoms with E-state index >= 15 is 0 Å². The van der Waals surface area contributed by atoms with Crippen LogP contribution in [0.2, 0.25) is 0 Å². The Balaban J connectivity index is 1.37. The van der Waals surface area contributed by atoms with Crippen molar-refractivity contribution < 1.29 is 14.0 Å². The van der Waals surface area contributed by atoms with Crippen molar-refractivity contribution in [2.24, 2.45) is 5.73 Å². The standard InChI is InChI=1S/C26H26FN7O3/c1-16-3-10-23(35)34(16)20-8-6-19(7-9-20)31-26(37)33-25-30-15-21(24(36)32-25)17-4-5-18(22(27)13-17)14-29-12-2-11-28/h3-10,13,15,29H,1-2,11-12,14,28H2,(H3,30,31,32,33,36,37). The molecule has 1 aliphatic rings. The molecule has 0 saturated heterocycles. The molecule has 0 bridgehead atoms. The van der Waals surface area contributed by atoms with Crippen LogP contribution < -0.4 is 32.1 Å². The van der Waals surface area contributed by atoms with E-state index in [4.69, 9.17) is 5.73 Å². The van der Waals surface area contributed by atoms with Crippen LogP contribution in [0.5, 0.6) is 0 Å². The summed E-state index contributed by atoms with van der Waals surface area (Å²) < 4.78 is 14.5. The van der Waals surface area contributed by atoms with E-state index in [9.17, 15) is 18.8 Å². The fourth-order valence-corrected chi connectivity index (χ4v) is 3.69. The Morgan fingerprint density at radius 2 is 1.89 bits per heavy atom. The highest BCUT2D eigenvalue weighted by Crippen LogP contribution is 2.25. The van der Waals surface area contributed by atoms with Gasteiger partial charge in [0.05, 0.1) is 5.56 Å². The van der Waals surface area contributed by atoms with E-state index in [-0.39, 0.29) is 17.4 Å². The van der Waals surface area contributed by atoms with Crippen LogP contribution >= 0.6 is 0 Å². The van der Waals surface area contributed by atoms with Gasteiger partial charge in [0.1, 0.15) is 5.82 Å². The molecule has 4 rings (SSSR count). The lowest BCUT2D eigenvalue weighted by molar-refractivity contribution is -0.113. The van der Waals surface area contributed by atoms with Crippen molar-refractivity contribution >= 4 is 29.3 Å². The van der Waals surface area contributed by atoms with Gasteiger partial charge in [-0.15, -0.1) is 0 Å². The van der Waals surface area contributed by atoms with Crippen molar-refractivity contribution in [1.82, 2.24) is 15.3 Å². The molecule has 6 N–H and O–H groups in total. The lowest BCUT2D eigenvalue weighted by atomic mass is 10.1. The lowest BCUT2D eigenvalue weighted by Gasteiger charge is -2.17. The van der Waals surface area contributed by atoms with Gasteiger partial charge in [-0.1, -0.05) is 18.7 Å². The van der Waals surface area contributed by atoms with Crippen LogP contribution in [-0.4, -0.2) is 35.0 Å². The molecule has 1 aromatic heterocycles. The van der Waals surface area contributed by atoms with Gasteiger partial charge >= 0.3 is 6.03 Å². The highest BCUT2D eigenvalue weighted by atomic mass is 19.1. The average molecular weight is 504 g/mol. The van der Waals surface area contributed by atoms with Crippen LogP contribution in [0.25, 0.3) is 11.1 Å². The summed E-state index contributed by atoms with van der Waals surface area (Å²) in [5.41, 5.74) is 7.44. The summed E-state index contributed by atoms with van der Waals surface area (Å²) >= 11 is 0. The summed E-state index contributed by atoms with van der Waals surface area (Å²) in [6.45, 7) is 5.41. The van der Waals surface area contributed by atoms with Gasteiger partial charge in [-0.2, -0.15) is 4.98 Å². The maximum atomic E-state index is 14.5. The van der Waals surface area contributed by atoms with Crippen molar-refractivity contribution in [3.05, 3.63) is 94.8 Å². The SMILES string of the molecule is C=C1C=CC(=O)N1c1ccc(NC(=O)Nc2nc(=O)c(-c3ccc(CNCCCN)c(F)c3)c[nH]2)cc1. The number of rotatable bonds is 9. The first-order chi connectivity index (χ1) is 17.9. The number of carbonyl (C=O) groups excluding carboxylic acids is 2. The highest BCUT2D eigenvalue weighted by Gasteiger charge is 2.20. The molecule has 0 saturated carbocycles. The number of nitrogens with zero attached hydrogens (tertiary/aromatic N) is 2. The molecule has 10 nitrogen and oxygen atoms in total. The third-order valence-corrected chi connectivity index (χ3v) is 5.58. The van der Waals surface area contributed by atoms with Gasteiger partial charge in [0.2, 0.25) is 5.95 Å². The minimum absolute atomic E-state index is 0.0749. The largest absolute Gasteiger partial charge is 0.331 e. The number of aromatic nitrogens is 2. The number of urea groups is 1. The molecule has 3 amide bonds. The first-order valence-electron chi connectivity index (χ1n) is 11.5. The number of anilines is 3. The van der Waals surface area contributed by atoms with Crippen LogP contribution in [-0.2, 0) is 11.3 Å². The van der Waals surface area contributed by atoms with E-state index in [1.807, 2.05) is 0 Å². The fourth-order valence-electron chi connectivity index (χ4n) is 3.69. The molecule has 0 unspecified atom stereocenters. The Bertz CT molecular complexity index is 1400. The Labute approximate surface area is 212 Å². The molecule has 11 heteroatoms. The summed E-state index contributed by atoms with van der Waals surface area (Å²) in [6, 6.07) is 10.5. The number of amides is 3. The van der Waals surface area contributed by atoms with Gasteiger partial charge < -0.3 is 21.4 Å². The summed E-state index contributed by atoms with van der Waals surface area (Å²) in [6.07, 6.45) is 5.20. The molecule has 3 aromatic rings. The van der Waals surface area contributed by atoms with Crippen LogP contribution in [0.1, 0.15) is 12.0 Å². The minimum Gasteiger partial charge on any atom is -0.331 e. The monoisotopic (exact) mass is 503 g/mol. The van der Waals surface area contributed by atoms with E-state index in [1.165, 1.54) is 23.2 Å². The van der Waals surface area contributed by atoms with Gasteiger partial charge in [-0.25, -0.2) is 9.18 Å². The summed E-state index contributed by atoms with van der Waals surface area (Å²) in [4.78, 5) is 44.9. The molecule has 0 aliphatic carbocycles. The molecule has 0 spiro atoms. The van der Waals surface area contributed by atoms with E-state index in [1.54, 1.807) is 42.5 Å². The lowest BCUT2D eigenvalue weighted by Crippen LogP contribution is -2.24. The van der Waals surface area contributed by atoms with Crippen molar-refractivity contribution in [2.45, 2.75) is 13.0 Å². The molecular formula is C26H26FN7O3. The van der Waals surface area contributed by atoms with Crippen molar-refractivity contribution in [3.63, 3.8) is 0 Å². The summed E-state index contributed by atoms with van der Waals surface area (Å²) in [5.74, 6) is -0.718. The third kappa shape index (κ3) is 6.15. The Morgan fingerprint density at radius 1 is 1.11 bits per heavy atom. The third-order valence-electron chi connectivity index (χ3n) is 5.58. The van der Waals surface area contributed by atoms with E-state index in [2.05, 4.69) is 32.5 Å². The second-order valence-corrected chi connectivity index (χ2v) is 8.22. The maximum absolute atomic E-state index is 14.5. The smallest absolute Gasteiger partial charge is 0.326 e. The van der Waals surface area contributed by atoms with Crippen LogP contribution in [0.3, 0.4) is 0 Å². The number of halogens is 1. The topological polar surface area (TPSA) is 145 Å². The molecule has 190 valence electrons. The number of H-pyrrole nitrogens is 1. The number of nitrogens with one attached hydrogen (secondary N) is 4. The normalized spacial score (nSPS) is 12.8. The van der Waals surface area contributed by atoms with E-state index < -0.39 is 17.4 Å². The van der Waals surface area contributed by atoms with Gasteiger partial charge in [-0.05, 0) is 61.5 Å². The minimum atomic E-state index is -0.635. The second-order valence-electron chi connectivity index (χ2n) is 8.22. The number of hydrogen-bond acceptors (Lipinski definition) is 6.